The average molecular weight is 424 g/mol. The third-order valence-corrected chi connectivity index (χ3v) is 3.84. The van der Waals surface area contributed by atoms with Crippen molar-refractivity contribution in [2.24, 2.45) is 0 Å². The van der Waals surface area contributed by atoms with Crippen molar-refractivity contribution in [2.75, 3.05) is 5.32 Å². The molecule has 0 heterocycles. The summed E-state index contributed by atoms with van der Waals surface area (Å²) >= 11 is 3.31. The molecule has 2 aromatic rings. The highest BCUT2D eigenvalue weighted by Gasteiger charge is 2.33. The molecule has 1 amide bonds. The van der Waals surface area contributed by atoms with E-state index < -0.39 is 23.3 Å². The molecule has 2 rings (SSSR count). The molecule has 0 spiro atoms. The maximum atomic E-state index is 13.0. The van der Waals surface area contributed by atoms with E-state index >= 15 is 0 Å². The predicted molar refractivity (Wildman–Crippen MR) is 94.8 cm³/mol. The highest BCUT2D eigenvalue weighted by atomic mass is 79.9. The molecule has 0 radical (unpaired) electrons. The van der Waals surface area contributed by atoms with Gasteiger partial charge < -0.3 is 10.6 Å². The number of nitrogens with one attached hydrogen (secondary N) is 2. The molecular weight excluding hydrogens is 411 g/mol. The molecule has 2 aromatic carbocycles. The van der Waals surface area contributed by atoms with Crippen LogP contribution in [0.25, 0.3) is 0 Å². The number of alkyl halides is 3. The maximum Gasteiger partial charge on any atom is 0.418 e. The normalized spacial score (nSPS) is 11.6. The van der Waals surface area contributed by atoms with Crippen molar-refractivity contribution < 1.29 is 18.0 Å². The number of benzene rings is 2. The molecular formula is C18H13BrF3N3O. The Morgan fingerprint density at radius 3 is 2.42 bits per heavy atom. The van der Waals surface area contributed by atoms with E-state index in [1.807, 2.05) is 24.3 Å². The summed E-state index contributed by atoms with van der Waals surface area (Å²) in [6, 6.07) is 13.6. The SMILES string of the molecule is N#C/C(=C/NCc1ccc(Br)cc1)C(=O)Nc1ccccc1C(F)(F)F. The number of para-hydroxylation sites is 1. The Kier molecular flexibility index (Phi) is 6.41. The van der Waals surface area contributed by atoms with Gasteiger partial charge in [0.05, 0.1) is 11.3 Å². The van der Waals surface area contributed by atoms with Crippen molar-refractivity contribution in [2.45, 2.75) is 12.7 Å². The molecule has 2 N–H and O–H groups in total. The van der Waals surface area contributed by atoms with Crippen LogP contribution >= 0.6 is 15.9 Å². The van der Waals surface area contributed by atoms with E-state index in [-0.39, 0.29) is 5.57 Å². The Morgan fingerprint density at radius 1 is 1.15 bits per heavy atom. The van der Waals surface area contributed by atoms with E-state index in [9.17, 15) is 18.0 Å². The van der Waals surface area contributed by atoms with Gasteiger partial charge in [-0.3, -0.25) is 4.79 Å². The lowest BCUT2D eigenvalue weighted by atomic mass is 10.1. The molecule has 0 aliphatic heterocycles. The van der Waals surface area contributed by atoms with Crippen LogP contribution in [0.3, 0.4) is 0 Å². The molecule has 0 atom stereocenters. The lowest BCUT2D eigenvalue weighted by molar-refractivity contribution is -0.137. The zero-order valence-electron chi connectivity index (χ0n) is 13.3. The first-order chi connectivity index (χ1) is 12.3. The molecule has 0 aromatic heterocycles. The smallest absolute Gasteiger partial charge is 0.386 e. The van der Waals surface area contributed by atoms with Crippen LogP contribution in [0.5, 0.6) is 0 Å². The molecule has 0 saturated carbocycles. The Balaban J connectivity index is 2.07. The van der Waals surface area contributed by atoms with Crippen LogP contribution < -0.4 is 10.6 Å². The molecule has 0 aliphatic carbocycles. The van der Waals surface area contributed by atoms with E-state index in [1.54, 1.807) is 6.07 Å². The standard InChI is InChI=1S/C18H13BrF3N3O/c19-14-7-5-12(6-8-14)10-24-11-13(9-23)17(26)25-16-4-2-1-3-15(16)18(20,21)22/h1-8,11,24H,10H2,(H,25,26)/b13-11-. The van der Waals surface area contributed by atoms with Crippen molar-refractivity contribution in [3.05, 3.63) is 75.9 Å². The van der Waals surface area contributed by atoms with Crippen molar-refractivity contribution >= 4 is 27.5 Å². The summed E-state index contributed by atoms with van der Waals surface area (Å²) in [5.41, 5.74) is -0.809. The van der Waals surface area contributed by atoms with Crippen molar-refractivity contribution in [1.29, 1.82) is 5.26 Å². The number of carbonyl (C=O) groups is 1. The Hall–Kier alpha value is -2.79. The lowest BCUT2D eigenvalue weighted by Gasteiger charge is -2.13. The summed E-state index contributed by atoms with van der Waals surface area (Å²) in [7, 11) is 0. The first-order valence-electron chi connectivity index (χ1n) is 7.37. The largest absolute Gasteiger partial charge is 0.418 e. The minimum Gasteiger partial charge on any atom is -0.386 e. The van der Waals surface area contributed by atoms with Crippen molar-refractivity contribution in [1.82, 2.24) is 5.32 Å². The van der Waals surface area contributed by atoms with E-state index in [0.29, 0.717) is 6.54 Å². The minimum absolute atomic E-state index is 0.334. The number of anilines is 1. The zero-order valence-corrected chi connectivity index (χ0v) is 14.9. The van der Waals surface area contributed by atoms with Gasteiger partial charge in [-0.05, 0) is 29.8 Å². The van der Waals surface area contributed by atoms with Crippen LogP contribution in [0.2, 0.25) is 0 Å². The Morgan fingerprint density at radius 2 is 1.81 bits per heavy atom. The molecule has 134 valence electrons. The second-order valence-corrected chi connectivity index (χ2v) is 6.09. The van der Waals surface area contributed by atoms with E-state index in [1.165, 1.54) is 18.3 Å². The van der Waals surface area contributed by atoms with Gasteiger partial charge in [-0.2, -0.15) is 18.4 Å². The summed E-state index contributed by atoms with van der Waals surface area (Å²) in [6.45, 7) is 0.352. The molecule has 8 heteroatoms. The van der Waals surface area contributed by atoms with Crippen molar-refractivity contribution in [3.8, 4) is 6.07 Å². The van der Waals surface area contributed by atoms with Crippen LogP contribution in [-0.4, -0.2) is 5.91 Å². The van der Waals surface area contributed by atoms with Gasteiger partial charge in [0, 0.05) is 17.2 Å². The number of hydrogen-bond donors (Lipinski definition) is 2. The van der Waals surface area contributed by atoms with Gasteiger partial charge >= 0.3 is 6.18 Å². The van der Waals surface area contributed by atoms with Crippen molar-refractivity contribution in [3.63, 3.8) is 0 Å². The minimum atomic E-state index is -4.61. The summed E-state index contributed by atoms with van der Waals surface area (Å²) in [6.07, 6.45) is -3.44. The quantitative estimate of drug-likeness (QED) is 0.545. The second-order valence-electron chi connectivity index (χ2n) is 5.17. The Labute approximate surface area is 156 Å². The molecule has 0 saturated heterocycles. The zero-order chi connectivity index (χ0) is 19.2. The van der Waals surface area contributed by atoms with Gasteiger partial charge in [-0.15, -0.1) is 0 Å². The van der Waals surface area contributed by atoms with E-state index in [2.05, 4.69) is 26.6 Å². The van der Waals surface area contributed by atoms with Gasteiger partial charge in [0.1, 0.15) is 11.6 Å². The summed E-state index contributed by atoms with van der Waals surface area (Å²) in [5, 5.41) is 14.0. The Bertz CT molecular complexity index is 855. The van der Waals surface area contributed by atoms with Crippen LogP contribution in [0.4, 0.5) is 18.9 Å². The number of nitriles is 1. The van der Waals surface area contributed by atoms with Gasteiger partial charge in [-0.1, -0.05) is 40.2 Å². The predicted octanol–water partition coefficient (Wildman–Crippen LogP) is 4.60. The lowest BCUT2D eigenvalue weighted by Crippen LogP contribution is -2.19. The highest BCUT2D eigenvalue weighted by Crippen LogP contribution is 2.34. The topological polar surface area (TPSA) is 64.9 Å². The fourth-order valence-corrected chi connectivity index (χ4v) is 2.32. The van der Waals surface area contributed by atoms with Gasteiger partial charge in [0.2, 0.25) is 0 Å². The molecule has 26 heavy (non-hydrogen) atoms. The summed E-state index contributed by atoms with van der Waals surface area (Å²) < 4.78 is 39.8. The van der Waals surface area contributed by atoms with E-state index in [4.69, 9.17) is 5.26 Å². The second kappa shape index (κ2) is 8.54. The third kappa shape index (κ3) is 5.36. The fraction of sp³-hybridized carbons (Fsp3) is 0.111. The van der Waals surface area contributed by atoms with Gasteiger partial charge in [-0.25, -0.2) is 0 Å². The van der Waals surface area contributed by atoms with Gasteiger partial charge in [0.15, 0.2) is 0 Å². The highest BCUT2D eigenvalue weighted by molar-refractivity contribution is 9.10. The van der Waals surface area contributed by atoms with Crippen LogP contribution in [0.15, 0.2) is 64.8 Å². The third-order valence-electron chi connectivity index (χ3n) is 3.31. The fourth-order valence-electron chi connectivity index (χ4n) is 2.05. The molecule has 4 nitrogen and oxygen atoms in total. The number of halogens is 4. The molecule has 0 unspecified atom stereocenters. The first kappa shape index (κ1) is 19.5. The van der Waals surface area contributed by atoms with Crippen LogP contribution in [0, 0.1) is 11.3 Å². The van der Waals surface area contributed by atoms with E-state index in [0.717, 1.165) is 22.2 Å². The summed E-state index contributed by atoms with van der Waals surface area (Å²) in [4.78, 5) is 12.1. The van der Waals surface area contributed by atoms with Crippen LogP contribution in [-0.2, 0) is 17.5 Å². The number of rotatable bonds is 5. The van der Waals surface area contributed by atoms with Gasteiger partial charge in [0.25, 0.3) is 5.91 Å². The molecule has 0 fully saturated rings. The average Bonchev–Trinajstić information content (AvgIpc) is 2.60. The first-order valence-corrected chi connectivity index (χ1v) is 8.16. The number of hydrogen-bond acceptors (Lipinski definition) is 3. The molecule has 0 aliphatic rings. The number of carbonyl (C=O) groups excluding carboxylic acids is 1. The van der Waals surface area contributed by atoms with Crippen LogP contribution in [0.1, 0.15) is 11.1 Å². The monoisotopic (exact) mass is 423 g/mol. The number of amides is 1. The number of nitrogens with zero attached hydrogens (tertiary/aromatic N) is 1. The maximum absolute atomic E-state index is 13.0. The summed E-state index contributed by atoms with van der Waals surface area (Å²) in [5.74, 6) is -0.924. The molecule has 0 bridgehead atoms.